The molecule has 1 saturated carbocycles. The van der Waals surface area contributed by atoms with Gasteiger partial charge in [0.25, 0.3) is 0 Å². The molecule has 0 aromatic heterocycles. The van der Waals surface area contributed by atoms with Gasteiger partial charge in [0.2, 0.25) is 5.91 Å². The maximum atomic E-state index is 12.5. The van der Waals surface area contributed by atoms with Crippen molar-refractivity contribution in [2.75, 3.05) is 11.6 Å². The Morgan fingerprint density at radius 2 is 2.11 bits per heavy atom. The van der Waals surface area contributed by atoms with Crippen LogP contribution in [0.1, 0.15) is 18.4 Å². The zero-order chi connectivity index (χ0) is 13.2. The Balaban J connectivity index is 1.70. The number of carbonyl (C=O) groups excluding carboxylic acids is 1. The first-order chi connectivity index (χ1) is 9.24. The predicted molar refractivity (Wildman–Crippen MR) is 79.3 cm³/mol. The third kappa shape index (κ3) is 3.25. The predicted octanol–water partition coefficient (Wildman–Crippen LogP) is 2.49. The van der Waals surface area contributed by atoms with E-state index in [-0.39, 0.29) is 11.9 Å². The van der Waals surface area contributed by atoms with Crippen molar-refractivity contribution in [1.82, 2.24) is 10.2 Å². The van der Waals surface area contributed by atoms with Crippen molar-refractivity contribution < 1.29 is 4.79 Å². The summed E-state index contributed by atoms with van der Waals surface area (Å²) < 4.78 is 0. The van der Waals surface area contributed by atoms with E-state index in [9.17, 15) is 4.79 Å². The van der Waals surface area contributed by atoms with Gasteiger partial charge in [-0.25, -0.2) is 0 Å². The van der Waals surface area contributed by atoms with Crippen LogP contribution in [0.2, 0.25) is 5.02 Å². The highest BCUT2D eigenvalue weighted by molar-refractivity contribution is 7.99. The van der Waals surface area contributed by atoms with Crippen molar-refractivity contribution in [2.24, 2.45) is 0 Å². The number of amides is 1. The van der Waals surface area contributed by atoms with Crippen LogP contribution in [-0.4, -0.2) is 34.5 Å². The van der Waals surface area contributed by atoms with Crippen LogP contribution in [0.3, 0.4) is 0 Å². The standard InChI is InChI=1S/C14H17ClN2OS/c15-11-3-1-10(2-4-11)7-17(12-5-6-12)14(18)13-8-19-9-16-13/h1-4,12-13,16H,5-9H2. The molecule has 2 fully saturated rings. The Hall–Kier alpha value is -0.710. The molecule has 1 heterocycles. The van der Waals surface area contributed by atoms with E-state index in [0.29, 0.717) is 12.6 Å². The van der Waals surface area contributed by atoms with Crippen LogP contribution >= 0.6 is 23.4 Å². The normalized spacial score (nSPS) is 22.5. The first-order valence-electron chi connectivity index (χ1n) is 6.60. The van der Waals surface area contributed by atoms with Crippen LogP contribution < -0.4 is 5.32 Å². The van der Waals surface area contributed by atoms with Gasteiger partial charge in [-0.05, 0) is 30.5 Å². The number of halogens is 1. The topological polar surface area (TPSA) is 32.3 Å². The van der Waals surface area contributed by atoms with Gasteiger partial charge in [0.05, 0.1) is 6.04 Å². The van der Waals surface area contributed by atoms with Gasteiger partial charge in [-0.3, -0.25) is 10.1 Å². The second kappa shape index (κ2) is 5.73. The van der Waals surface area contributed by atoms with Crippen LogP contribution in [0.4, 0.5) is 0 Å². The van der Waals surface area contributed by atoms with Gasteiger partial charge in [0, 0.05) is 29.2 Å². The summed E-state index contributed by atoms with van der Waals surface area (Å²) in [6, 6.07) is 8.21. The third-order valence-corrected chi connectivity index (χ3v) is 4.74. The van der Waals surface area contributed by atoms with Gasteiger partial charge < -0.3 is 4.90 Å². The van der Waals surface area contributed by atoms with Crippen LogP contribution in [0.15, 0.2) is 24.3 Å². The second-order valence-electron chi connectivity index (χ2n) is 5.10. The molecule has 3 nitrogen and oxygen atoms in total. The van der Waals surface area contributed by atoms with Crippen molar-refractivity contribution in [3.63, 3.8) is 0 Å². The van der Waals surface area contributed by atoms with Gasteiger partial charge in [0.15, 0.2) is 0 Å². The molecule has 2 aliphatic rings. The zero-order valence-electron chi connectivity index (χ0n) is 10.6. The van der Waals surface area contributed by atoms with E-state index in [1.807, 2.05) is 29.2 Å². The molecule has 3 rings (SSSR count). The minimum atomic E-state index is -0.00194. The van der Waals surface area contributed by atoms with E-state index >= 15 is 0 Å². The summed E-state index contributed by atoms with van der Waals surface area (Å²) in [7, 11) is 0. The zero-order valence-corrected chi connectivity index (χ0v) is 12.2. The molecule has 1 unspecified atom stereocenters. The van der Waals surface area contributed by atoms with E-state index in [1.165, 1.54) is 0 Å². The lowest BCUT2D eigenvalue weighted by molar-refractivity contribution is -0.133. The molecule has 1 saturated heterocycles. The Labute approximate surface area is 122 Å². The van der Waals surface area contributed by atoms with Crippen LogP contribution in [0, 0.1) is 0 Å². The van der Waals surface area contributed by atoms with Crippen molar-refractivity contribution in [3.05, 3.63) is 34.9 Å². The Kier molecular flexibility index (Phi) is 4.01. The Morgan fingerprint density at radius 3 is 2.68 bits per heavy atom. The molecular weight excluding hydrogens is 280 g/mol. The van der Waals surface area contributed by atoms with Crippen LogP contribution in [0.5, 0.6) is 0 Å². The molecule has 0 spiro atoms. The summed E-state index contributed by atoms with van der Waals surface area (Å²) in [5.74, 6) is 2.03. The number of hydrogen-bond acceptors (Lipinski definition) is 3. The quantitative estimate of drug-likeness (QED) is 0.926. The molecule has 1 aliphatic heterocycles. The molecule has 1 aromatic rings. The highest BCUT2D eigenvalue weighted by Gasteiger charge is 2.36. The van der Waals surface area contributed by atoms with Crippen molar-refractivity contribution >= 4 is 29.3 Å². The van der Waals surface area contributed by atoms with Gasteiger partial charge in [-0.15, -0.1) is 11.8 Å². The average Bonchev–Trinajstić information content (AvgIpc) is 3.11. The monoisotopic (exact) mass is 296 g/mol. The third-order valence-electron chi connectivity index (χ3n) is 3.55. The molecule has 5 heteroatoms. The number of thioether (sulfide) groups is 1. The first kappa shape index (κ1) is 13.3. The highest BCUT2D eigenvalue weighted by Crippen LogP contribution is 2.30. The van der Waals surface area contributed by atoms with Gasteiger partial charge >= 0.3 is 0 Å². The fourth-order valence-electron chi connectivity index (χ4n) is 2.31. The van der Waals surface area contributed by atoms with E-state index in [4.69, 9.17) is 11.6 Å². The largest absolute Gasteiger partial charge is 0.334 e. The molecule has 1 aromatic carbocycles. The Morgan fingerprint density at radius 1 is 1.37 bits per heavy atom. The van der Waals surface area contributed by atoms with E-state index in [0.717, 1.165) is 35.1 Å². The number of benzene rings is 1. The molecule has 0 bridgehead atoms. The summed E-state index contributed by atoms with van der Waals surface area (Å²) in [5.41, 5.74) is 1.15. The molecule has 0 radical (unpaired) electrons. The molecule has 1 atom stereocenters. The number of carbonyl (C=O) groups is 1. The van der Waals surface area contributed by atoms with Crippen LogP contribution in [-0.2, 0) is 11.3 Å². The van der Waals surface area contributed by atoms with Crippen LogP contribution in [0.25, 0.3) is 0 Å². The molecule has 102 valence electrons. The number of hydrogen-bond donors (Lipinski definition) is 1. The van der Waals surface area contributed by atoms with Gasteiger partial charge in [-0.1, -0.05) is 23.7 Å². The maximum absolute atomic E-state index is 12.5. The fourth-order valence-corrected chi connectivity index (χ4v) is 3.37. The van der Waals surface area contributed by atoms with E-state index in [2.05, 4.69) is 5.32 Å². The van der Waals surface area contributed by atoms with Crippen molar-refractivity contribution in [3.8, 4) is 0 Å². The van der Waals surface area contributed by atoms with Gasteiger partial charge in [-0.2, -0.15) is 0 Å². The summed E-state index contributed by atoms with van der Waals surface area (Å²) in [5, 5.41) is 4.00. The molecule has 19 heavy (non-hydrogen) atoms. The van der Waals surface area contributed by atoms with E-state index < -0.39 is 0 Å². The number of nitrogens with zero attached hydrogens (tertiary/aromatic N) is 1. The maximum Gasteiger partial charge on any atom is 0.241 e. The Bertz CT molecular complexity index is 455. The average molecular weight is 297 g/mol. The summed E-state index contributed by atoms with van der Waals surface area (Å²) in [6.07, 6.45) is 2.28. The summed E-state index contributed by atoms with van der Waals surface area (Å²) in [6.45, 7) is 0.698. The minimum absolute atomic E-state index is 0.00194. The lowest BCUT2D eigenvalue weighted by Crippen LogP contribution is -2.45. The summed E-state index contributed by atoms with van der Waals surface area (Å²) in [4.78, 5) is 14.6. The minimum Gasteiger partial charge on any atom is -0.334 e. The molecular formula is C14H17ClN2OS. The smallest absolute Gasteiger partial charge is 0.241 e. The first-order valence-corrected chi connectivity index (χ1v) is 8.13. The number of rotatable bonds is 4. The lowest BCUT2D eigenvalue weighted by atomic mass is 10.2. The fraction of sp³-hybridized carbons (Fsp3) is 0.500. The second-order valence-corrected chi connectivity index (χ2v) is 6.56. The molecule has 1 N–H and O–H groups in total. The highest BCUT2D eigenvalue weighted by atomic mass is 35.5. The van der Waals surface area contributed by atoms with Crippen molar-refractivity contribution in [1.29, 1.82) is 0 Å². The van der Waals surface area contributed by atoms with E-state index in [1.54, 1.807) is 11.8 Å². The lowest BCUT2D eigenvalue weighted by Gasteiger charge is -2.25. The summed E-state index contributed by atoms with van der Waals surface area (Å²) >= 11 is 7.69. The number of nitrogens with one attached hydrogen (secondary N) is 1. The van der Waals surface area contributed by atoms with Crippen molar-refractivity contribution in [2.45, 2.75) is 31.5 Å². The SMILES string of the molecule is O=C(C1CSCN1)N(Cc1ccc(Cl)cc1)C1CC1. The molecule has 1 aliphatic carbocycles. The molecule has 1 amide bonds. The van der Waals surface area contributed by atoms with Gasteiger partial charge in [0.1, 0.15) is 0 Å².